The molecule has 0 aliphatic rings. The first-order chi connectivity index (χ1) is 8.64. The van der Waals surface area contributed by atoms with E-state index >= 15 is 0 Å². The van der Waals surface area contributed by atoms with Crippen molar-refractivity contribution < 1.29 is 5.11 Å². The van der Waals surface area contributed by atoms with E-state index in [-0.39, 0.29) is 6.61 Å². The van der Waals surface area contributed by atoms with Crippen LogP contribution in [0.5, 0.6) is 0 Å². The van der Waals surface area contributed by atoms with Gasteiger partial charge in [0.25, 0.3) is 0 Å². The van der Waals surface area contributed by atoms with Crippen LogP contribution in [0.15, 0.2) is 47.3 Å². The minimum atomic E-state index is -0.658. The highest BCUT2D eigenvalue weighted by molar-refractivity contribution is 9.10. The number of hydrogen-bond donors (Lipinski definition) is 2. The van der Waals surface area contributed by atoms with Crippen molar-refractivity contribution in [2.24, 2.45) is 0 Å². The lowest BCUT2D eigenvalue weighted by Crippen LogP contribution is -2.36. The molecule has 5 heteroatoms. The molecule has 0 radical (unpaired) electrons. The Morgan fingerprint density at radius 2 is 2.22 bits per heavy atom. The minimum absolute atomic E-state index is 0.0712. The molecule has 2 N–H and O–H groups in total. The molecule has 1 heterocycles. The Hall–Kier alpha value is -1.46. The van der Waals surface area contributed by atoms with Crippen LogP contribution in [0.25, 0.3) is 0 Å². The molecular formula is C13H14BrN3O. The van der Waals surface area contributed by atoms with E-state index in [0.29, 0.717) is 5.69 Å². The lowest BCUT2D eigenvalue weighted by Gasteiger charge is -2.29. The van der Waals surface area contributed by atoms with Crippen LogP contribution in [0.2, 0.25) is 0 Å². The quantitative estimate of drug-likeness (QED) is 0.911. The van der Waals surface area contributed by atoms with Gasteiger partial charge in [-0.15, -0.1) is 0 Å². The molecule has 0 fully saturated rings. The lowest BCUT2D eigenvalue weighted by molar-refractivity contribution is 0.220. The van der Waals surface area contributed by atoms with Crippen LogP contribution < -0.4 is 5.32 Å². The highest BCUT2D eigenvalue weighted by Crippen LogP contribution is 2.25. The van der Waals surface area contributed by atoms with Crippen LogP contribution in [-0.2, 0) is 5.54 Å². The van der Waals surface area contributed by atoms with Gasteiger partial charge in [-0.25, -0.2) is 0 Å². The van der Waals surface area contributed by atoms with Gasteiger partial charge < -0.3 is 10.4 Å². The van der Waals surface area contributed by atoms with Gasteiger partial charge >= 0.3 is 0 Å². The zero-order valence-corrected chi connectivity index (χ0v) is 11.6. The normalized spacial score (nSPS) is 13.9. The summed E-state index contributed by atoms with van der Waals surface area (Å²) in [6.45, 7) is 1.82. The average Bonchev–Trinajstić information content (AvgIpc) is 2.39. The molecule has 1 atom stereocenters. The van der Waals surface area contributed by atoms with Crippen LogP contribution in [0.3, 0.4) is 0 Å². The van der Waals surface area contributed by atoms with Crippen molar-refractivity contribution in [3.8, 4) is 0 Å². The molecule has 94 valence electrons. The minimum Gasteiger partial charge on any atom is -0.394 e. The van der Waals surface area contributed by atoms with Crippen molar-refractivity contribution in [1.82, 2.24) is 9.97 Å². The third-order valence-electron chi connectivity index (χ3n) is 2.69. The van der Waals surface area contributed by atoms with E-state index in [1.807, 2.05) is 31.2 Å². The molecular weight excluding hydrogens is 294 g/mol. The molecule has 0 amide bonds. The van der Waals surface area contributed by atoms with Gasteiger partial charge in [-0.2, -0.15) is 0 Å². The van der Waals surface area contributed by atoms with Crippen LogP contribution in [0.4, 0.5) is 5.69 Å². The van der Waals surface area contributed by atoms with Gasteiger partial charge in [-0.1, -0.05) is 22.0 Å². The highest BCUT2D eigenvalue weighted by Gasteiger charge is 2.27. The molecule has 2 rings (SSSR count). The topological polar surface area (TPSA) is 58.0 Å². The predicted molar refractivity (Wildman–Crippen MR) is 74.2 cm³/mol. The van der Waals surface area contributed by atoms with Crippen molar-refractivity contribution in [2.45, 2.75) is 12.5 Å². The molecule has 0 saturated heterocycles. The average molecular weight is 308 g/mol. The molecule has 0 saturated carbocycles. The monoisotopic (exact) mass is 307 g/mol. The van der Waals surface area contributed by atoms with Gasteiger partial charge in [0.1, 0.15) is 5.54 Å². The van der Waals surface area contributed by atoms with Crippen LogP contribution in [-0.4, -0.2) is 21.7 Å². The Labute approximate surface area is 114 Å². The molecule has 4 nitrogen and oxygen atoms in total. The SMILES string of the molecule is CC(CO)(Nc1cccc(Br)c1)c1cnccn1. The molecule has 0 aliphatic carbocycles. The maximum Gasteiger partial charge on any atom is 0.102 e. The van der Waals surface area contributed by atoms with Crippen molar-refractivity contribution in [2.75, 3.05) is 11.9 Å². The van der Waals surface area contributed by atoms with Crippen molar-refractivity contribution in [3.63, 3.8) is 0 Å². The fourth-order valence-electron chi connectivity index (χ4n) is 1.65. The second-order valence-electron chi connectivity index (χ2n) is 4.22. The number of nitrogens with zero attached hydrogens (tertiary/aromatic N) is 2. The molecule has 0 bridgehead atoms. The number of hydrogen-bond acceptors (Lipinski definition) is 4. The maximum atomic E-state index is 9.63. The number of aliphatic hydroxyl groups is 1. The second-order valence-corrected chi connectivity index (χ2v) is 5.13. The fourth-order valence-corrected chi connectivity index (χ4v) is 2.05. The van der Waals surface area contributed by atoms with E-state index in [9.17, 15) is 5.11 Å². The maximum absolute atomic E-state index is 9.63. The molecule has 1 aromatic heterocycles. The number of rotatable bonds is 4. The van der Waals surface area contributed by atoms with E-state index in [2.05, 4.69) is 31.2 Å². The van der Waals surface area contributed by atoms with E-state index in [1.165, 1.54) is 0 Å². The molecule has 1 aromatic carbocycles. The number of nitrogens with one attached hydrogen (secondary N) is 1. The van der Waals surface area contributed by atoms with Gasteiger partial charge in [-0.3, -0.25) is 9.97 Å². The summed E-state index contributed by atoms with van der Waals surface area (Å²) < 4.78 is 0.979. The third-order valence-corrected chi connectivity index (χ3v) is 3.18. The van der Waals surface area contributed by atoms with E-state index < -0.39 is 5.54 Å². The Morgan fingerprint density at radius 3 is 2.83 bits per heavy atom. The van der Waals surface area contributed by atoms with Crippen LogP contribution in [0, 0.1) is 0 Å². The molecule has 1 unspecified atom stereocenters. The first-order valence-corrected chi connectivity index (χ1v) is 6.34. The summed E-state index contributed by atoms with van der Waals surface area (Å²) in [6.07, 6.45) is 4.88. The van der Waals surface area contributed by atoms with E-state index in [4.69, 9.17) is 0 Å². The largest absolute Gasteiger partial charge is 0.394 e. The number of anilines is 1. The van der Waals surface area contributed by atoms with Gasteiger partial charge in [-0.05, 0) is 25.1 Å². The summed E-state index contributed by atoms with van der Waals surface area (Å²) in [5.41, 5.74) is 0.953. The molecule has 18 heavy (non-hydrogen) atoms. The summed E-state index contributed by atoms with van der Waals surface area (Å²) in [5.74, 6) is 0. The standard InChI is InChI=1S/C13H14BrN3O/c1-13(9-18,12-8-15-5-6-16-12)17-11-4-2-3-10(14)7-11/h2-8,17-18H,9H2,1H3. The number of aliphatic hydroxyl groups excluding tert-OH is 1. The van der Waals surface area contributed by atoms with Crippen molar-refractivity contribution >= 4 is 21.6 Å². The Balaban J connectivity index is 2.29. The second kappa shape index (κ2) is 5.46. The fraction of sp³-hybridized carbons (Fsp3) is 0.231. The molecule has 0 spiro atoms. The van der Waals surface area contributed by atoms with Gasteiger partial charge in [0.15, 0.2) is 0 Å². The highest BCUT2D eigenvalue weighted by atomic mass is 79.9. The first kappa shape index (κ1) is 13.0. The Morgan fingerprint density at radius 1 is 1.39 bits per heavy atom. The zero-order valence-electron chi connectivity index (χ0n) is 9.97. The number of halogens is 1. The van der Waals surface area contributed by atoms with Gasteiger partial charge in [0.2, 0.25) is 0 Å². The van der Waals surface area contributed by atoms with E-state index in [1.54, 1.807) is 18.6 Å². The van der Waals surface area contributed by atoms with Crippen LogP contribution in [0.1, 0.15) is 12.6 Å². The number of benzene rings is 1. The summed E-state index contributed by atoms with van der Waals surface area (Å²) in [5, 5.41) is 12.9. The lowest BCUT2D eigenvalue weighted by atomic mass is 9.99. The van der Waals surface area contributed by atoms with E-state index in [0.717, 1.165) is 10.2 Å². The zero-order chi connectivity index (χ0) is 13.0. The summed E-state index contributed by atoms with van der Waals surface area (Å²) in [7, 11) is 0. The number of aromatic nitrogens is 2. The molecule has 0 aliphatic heterocycles. The first-order valence-electron chi connectivity index (χ1n) is 5.55. The summed E-state index contributed by atoms with van der Waals surface area (Å²) >= 11 is 3.42. The van der Waals surface area contributed by atoms with Crippen molar-refractivity contribution in [1.29, 1.82) is 0 Å². The van der Waals surface area contributed by atoms with Gasteiger partial charge in [0, 0.05) is 22.6 Å². The van der Waals surface area contributed by atoms with Crippen molar-refractivity contribution in [3.05, 3.63) is 53.0 Å². The Kier molecular flexibility index (Phi) is 3.93. The smallest absolute Gasteiger partial charge is 0.102 e. The predicted octanol–water partition coefficient (Wildman–Crippen LogP) is 2.56. The van der Waals surface area contributed by atoms with Crippen LogP contribution >= 0.6 is 15.9 Å². The molecule has 2 aromatic rings. The summed E-state index contributed by atoms with van der Waals surface area (Å²) in [4.78, 5) is 8.28. The summed E-state index contributed by atoms with van der Waals surface area (Å²) in [6, 6.07) is 7.77. The Bertz CT molecular complexity index is 521. The van der Waals surface area contributed by atoms with Gasteiger partial charge in [0.05, 0.1) is 18.5 Å². The third kappa shape index (κ3) is 2.86.